The minimum Gasteiger partial charge on any atom is -0.326 e. The number of amides is 1. The number of pyridine rings is 1. The van der Waals surface area contributed by atoms with Crippen molar-refractivity contribution in [2.75, 3.05) is 5.32 Å². The van der Waals surface area contributed by atoms with Gasteiger partial charge in [0, 0.05) is 30.1 Å². The van der Waals surface area contributed by atoms with Crippen LogP contribution in [0.5, 0.6) is 0 Å². The van der Waals surface area contributed by atoms with Gasteiger partial charge >= 0.3 is 0 Å². The van der Waals surface area contributed by atoms with Crippen molar-refractivity contribution in [3.63, 3.8) is 0 Å². The van der Waals surface area contributed by atoms with Crippen LogP contribution in [-0.2, 0) is 11.3 Å². The molecule has 0 spiro atoms. The maximum atomic E-state index is 12.0. The molecule has 3 aromatic rings. The Morgan fingerprint density at radius 1 is 1.35 bits per heavy atom. The molecule has 0 fully saturated rings. The Labute approximate surface area is 131 Å². The van der Waals surface area contributed by atoms with Crippen molar-refractivity contribution in [3.05, 3.63) is 46.5 Å². The quantitative estimate of drug-likeness (QED) is 0.737. The molecule has 1 amide bonds. The SMILES string of the molecule is Cc1cc(=O)[nH]c2cc(NC(=O)CCCn3cnnn3)ccc12. The number of aryl methyl sites for hydroxylation is 2. The summed E-state index contributed by atoms with van der Waals surface area (Å²) < 4.78 is 1.58. The third kappa shape index (κ3) is 3.60. The highest BCUT2D eigenvalue weighted by atomic mass is 16.1. The average molecular weight is 312 g/mol. The maximum absolute atomic E-state index is 12.0. The second kappa shape index (κ2) is 6.39. The molecule has 0 unspecified atom stereocenters. The number of benzene rings is 1. The molecule has 0 saturated heterocycles. The summed E-state index contributed by atoms with van der Waals surface area (Å²) in [5, 5.41) is 14.6. The normalized spacial score (nSPS) is 10.8. The van der Waals surface area contributed by atoms with Crippen LogP contribution in [0.25, 0.3) is 10.9 Å². The van der Waals surface area contributed by atoms with Crippen molar-refractivity contribution in [1.29, 1.82) is 0 Å². The Balaban J connectivity index is 1.64. The monoisotopic (exact) mass is 312 g/mol. The minimum atomic E-state index is -0.153. The number of anilines is 1. The smallest absolute Gasteiger partial charge is 0.248 e. The summed E-state index contributed by atoms with van der Waals surface area (Å²) in [6.45, 7) is 2.47. The summed E-state index contributed by atoms with van der Waals surface area (Å²) in [4.78, 5) is 26.3. The van der Waals surface area contributed by atoms with Crippen LogP contribution in [-0.4, -0.2) is 31.1 Å². The van der Waals surface area contributed by atoms with Crippen molar-refractivity contribution in [2.45, 2.75) is 26.3 Å². The van der Waals surface area contributed by atoms with Crippen LogP contribution in [0.15, 0.2) is 35.4 Å². The highest BCUT2D eigenvalue weighted by Gasteiger charge is 2.05. The van der Waals surface area contributed by atoms with Gasteiger partial charge in [0.25, 0.3) is 0 Å². The van der Waals surface area contributed by atoms with Crippen molar-refractivity contribution >= 4 is 22.5 Å². The van der Waals surface area contributed by atoms with E-state index >= 15 is 0 Å². The second-order valence-corrected chi connectivity index (χ2v) is 5.30. The summed E-state index contributed by atoms with van der Waals surface area (Å²) in [5.74, 6) is -0.0903. The number of carbonyl (C=O) groups is 1. The van der Waals surface area contributed by atoms with Gasteiger partial charge in [-0.2, -0.15) is 0 Å². The lowest BCUT2D eigenvalue weighted by atomic mass is 10.1. The standard InChI is InChI=1S/C15H16N6O2/c1-10-7-15(23)18-13-8-11(4-5-12(10)13)17-14(22)3-2-6-21-9-16-19-20-21/h4-5,7-9H,2-3,6H2,1H3,(H,17,22)(H,18,23). The molecule has 0 bridgehead atoms. The van der Waals surface area contributed by atoms with Gasteiger partial charge in [0.05, 0.1) is 5.52 Å². The van der Waals surface area contributed by atoms with Gasteiger partial charge in [0.15, 0.2) is 0 Å². The van der Waals surface area contributed by atoms with E-state index in [1.807, 2.05) is 19.1 Å². The number of hydrogen-bond acceptors (Lipinski definition) is 5. The molecule has 0 atom stereocenters. The van der Waals surface area contributed by atoms with E-state index in [0.717, 1.165) is 10.9 Å². The molecule has 1 aromatic carbocycles. The summed E-state index contributed by atoms with van der Waals surface area (Å²) in [6.07, 6.45) is 2.52. The van der Waals surface area contributed by atoms with Gasteiger partial charge in [-0.3, -0.25) is 9.59 Å². The van der Waals surface area contributed by atoms with Gasteiger partial charge < -0.3 is 10.3 Å². The van der Waals surface area contributed by atoms with Crippen LogP contribution in [0.3, 0.4) is 0 Å². The number of aromatic nitrogens is 5. The first-order valence-electron chi connectivity index (χ1n) is 7.26. The van der Waals surface area contributed by atoms with E-state index in [1.165, 1.54) is 6.33 Å². The molecule has 3 rings (SSSR count). The van der Waals surface area contributed by atoms with Gasteiger partial charge in [-0.05, 0) is 41.5 Å². The minimum absolute atomic E-state index is 0.0903. The molecule has 0 saturated carbocycles. The Morgan fingerprint density at radius 3 is 3.00 bits per heavy atom. The first-order chi connectivity index (χ1) is 11.1. The van der Waals surface area contributed by atoms with Crippen molar-refractivity contribution < 1.29 is 4.79 Å². The van der Waals surface area contributed by atoms with Crippen molar-refractivity contribution in [2.24, 2.45) is 0 Å². The molecule has 0 aliphatic heterocycles. The number of tetrazole rings is 1. The third-order valence-corrected chi connectivity index (χ3v) is 3.52. The van der Waals surface area contributed by atoms with E-state index < -0.39 is 0 Å². The van der Waals surface area contributed by atoms with Gasteiger partial charge in [0.2, 0.25) is 11.5 Å². The lowest BCUT2D eigenvalue weighted by molar-refractivity contribution is -0.116. The first kappa shape index (κ1) is 14.9. The lowest BCUT2D eigenvalue weighted by Crippen LogP contribution is -2.13. The number of aromatic amines is 1. The number of nitrogens with one attached hydrogen (secondary N) is 2. The molecule has 0 aliphatic carbocycles. The van der Waals surface area contributed by atoms with E-state index in [2.05, 4.69) is 25.8 Å². The number of carbonyl (C=O) groups excluding carboxylic acids is 1. The van der Waals surface area contributed by atoms with Crippen LogP contribution < -0.4 is 10.9 Å². The Kier molecular flexibility index (Phi) is 4.13. The number of hydrogen-bond donors (Lipinski definition) is 2. The highest BCUT2D eigenvalue weighted by Crippen LogP contribution is 2.19. The summed E-state index contributed by atoms with van der Waals surface area (Å²) in [5.41, 5.74) is 2.12. The zero-order valence-electron chi connectivity index (χ0n) is 12.6. The molecule has 118 valence electrons. The molecule has 0 aliphatic rings. The molecular formula is C15H16N6O2. The number of nitrogens with zero attached hydrogens (tertiary/aromatic N) is 4. The van der Waals surface area contributed by atoms with E-state index in [9.17, 15) is 9.59 Å². The van der Waals surface area contributed by atoms with Crippen LogP contribution in [0.2, 0.25) is 0 Å². The number of fused-ring (bicyclic) bond motifs is 1. The number of H-pyrrole nitrogens is 1. The van der Waals surface area contributed by atoms with Crippen LogP contribution in [0.4, 0.5) is 5.69 Å². The molecule has 8 heteroatoms. The molecule has 0 radical (unpaired) electrons. The van der Waals surface area contributed by atoms with Crippen molar-refractivity contribution in [3.8, 4) is 0 Å². The molecule has 2 N–H and O–H groups in total. The lowest BCUT2D eigenvalue weighted by Gasteiger charge is -2.07. The topological polar surface area (TPSA) is 106 Å². The summed E-state index contributed by atoms with van der Waals surface area (Å²) in [7, 11) is 0. The fourth-order valence-electron chi connectivity index (χ4n) is 2.42. The van der Waals surface area contributed by atoms with E-state index in [4.69, 9.17) is 0 Å². The third-order valence-electron chi connectivity index (χ3n) is 3.52. The largest absolute Gasteiger partial charge is 0.326 e. The van der Waals surface area contributed by atoms with Gasteiger partial charge in [-0.1, -0.05) is 6.07 Å². The molecule has 2 heterocycles. The maximum Gasteiger partial charge on any atom is 0.248 e. The van der Waals surface area contributed by atoms with Crippen LogP contribution in [0.1, 0.15) is 18.4 Å². The van der Waals surface area contributed by atoms with Crippen LogP contribution in [0, 0.1) is 6.92 Å². The fourth-order valence-corrected chi connectivity index (χ4v) is 2.42. The van der Waals surface area contributed by atoms with Crippen molar-refractivity contribution in [1.82, 2.24) is 25.2 Å². The molecular weight excluding hydrogens is 296 g/mol. The van der Waals surface area contributed by atoms with E-state index in [0.29, 0.717) is 30.6 Å². The fraction of sp³-hybridized carbons (Fsp3) is 0.267. The average Bonchev–Trinajstić information content (AvgIpc) is 3.00. The zero-order chi connectivity index (χ0) is 16.2. The summed E-state index contributed by atoms with van der Waals surface area (Å²) >= 11 is 0. The molecule has 23 heavy (non-hydrogen) atoms. The van der Waals surface area contributed by atoms with E-state index in [1.54, 1.807) is 16.8 Å². The van der Waals surface area contributed by atoms with Gasteiger partial charge in [-0.15, -0.1) is 5.10 Å². The predicted octanol–water partition coefficient (Wildman–Crippen LogP) is 1.24. The summed E-state index contributed by atoms with van der Waals surface area (Å²) in [6, 6.07) is 7.03. The Bertz CT molecular complexity index is 885. The van der Waals surface area contributed by atoms with E-state index in [-0.39, 0.29) is 11.5 Å². The molecule has 2 aromatic heterocycles. The first-order valence-corrected chi connectivity index (χ1v) is 7.26. The zero-order valence-corrected chi connectivity index (χ0v) is 12.6. The molecule has 8 nitrogen and oxygen atoms in total. The Hall–Kier alpha value is -3.03. The van der Waals surface area contributed by atoms with Crippen LogP contribution >= 0.6 is 0 Å². The van der Waals surface area contributed by atoms with Gasteiger partial charge in [-0.25, -0.2) is 4.68 Å². The second-order valence-electron chi connectivity index (χ2n) is 5.30. The van der Waals surface area contributed by atoms with Gasteiger partial charge in [0.1, 0.15) is 6.33 Å². The number of rotatable bonds is 5. The highest BCUT2D eigenvalue weighted by molar-refractivity contribution is 5.94. The Morgan fingerprint density at radius 2 is 2.22 bits per heavy atom. The predicted molar refractivity (Wildman–Crippen MR) is 85.0 cm³/mol.